The van der Waals surface area contributed by atoms with Gasteiger partial charge in [-0.2, -0.15) is 0 Å². The third-order valence-corrected chi connectivity index (χ3v) is 4.28. The molecule has 0 spiro atoms. The molecule has 1 saturated heterocycles. The summed E-state index contributed by atoms with van der Waals surface area (Å²) in [5, 5.41) is 9.16. The molecule has 23 heavy (non-hydrogen) atoms. The quantitative estimate of drug-likeness (QED) is 0.886. The van der Waals surface area contributed by atoms with Gasteiger partial charge >= 0.3 is 0 Å². The van der Waals surface area contributed by atoms with Gasteiger partial charge in [-0.1, -0.05) is 18.2 Å². The van der Waals surface area contributed by atoms with E-state index < -0.39 is 0 Å². The van der Waals surface area contributed by atoms with Gasteiger partial charge in [0.05, 0.1) is 6.61 Å². The Morgan fingerprint density at radius 1 is 1.00 bits per heavy atom. The first-order valence-corrected chi connectivity index (χ1v) is 8.11. The first-order valence-electron chi connectivity index (χ1n) is 8.11. The predicted octanol–water partition coefficient (Wildman–Crippen LogP) is 3.46. The smallest absolute Gasteiger partial charge is 0.128 e. The molecule has 0 atom stereocenters. The first-order chi connectivity index (χ1) is 11.3. The monoisotopic (exact) mass is 315 g/mol. The van der Waals surface area contributed by atoms with Gasteiger partial charge in [-0.05, 0) is 61.3 Å². The van der Waals surface area contributed by atoms with Crippen LogP contribution in [0.25, 0.3) is 11.1 Å². The second-order valence-electron chi connectivity index (χ2n) is 5.89. The molecule has 2 aromatic carbocycles. The van der Waals surface area contributed by atoms with Crippen LogP contribution in [0.2, 0.25) is 0 Å². The van der Waals surface area contributed by atoms with Gasteiger partial charge in [0.2, 0.25) is 0 Å². The Hall–Kier alpha value is -1.91. The van der Waals surface area contributed by atoms with Crippen molar-refractivity contribution in [3.63, 3.8) is 0 Å². The Balaban J connectivity index is 1.60. The molecule has 2 aromatic rings. The minimum atomic E-state index is -0.377. The Labute approximate surface area is 136 Å². The van der Waals surface area contributed by atoms with Crippen molar-refractivity contribution in [2.75, 3.05) is 26.2 Å². The second kappa shape index (κ2) is 7.57. The van der Waals surface area contributed by atoms with E-state index >= 15 is 0 Å². The van der Waals surface area contributed by atoms with Crippen LogP contribution in [-0.4, -0.2) is 36.2 Å². The largest absolute Gasteiger partial charge is 0.492 e. The van der Waals surface area contributed by atoms with Crippen LogP contribution in [0.5, 0.6) is 5.75 Å². The van der Waals surface area contributed by atoms with E-state index in [0.717, 1.165) is 23.4 Å². The number of aliphatic hydroxyl groups excluding tert-OH is 1. The molecular weight excluding hydrogens is 293 g/mol. The molecule has 3 nitrogen and oxygen atoms in total. The highest BCUT2D eigenvalue weighted by Crippen LogP contribution is 2.24. The molecule has 1 aliphatic rings. The number of rotatable bonds is 6. The predicted molar refractivity (Wildman–Crippen MR) is 88.9 cm³/mol. The Morgan fingerprint density at radius 2 is 1.70 bits per heavy atom. The zero-order valence-electron chi connectivity index (χ0n) is 13.2. The molecule has 0 saturated carbocycles. The minimum absolute atomic E-state index is 0.294. The Bertz CT molecular complexity index is 636. The SMILES string of the molecule is OCc1cc(-c2ccc(OCCN3CCCC3)cc2)ccc1F. The van der Waals surface area contributed by atoms with Gasteiger partial charge in [0, 0.05) is 12.1 Å². The average molecular weight is 315 g/mol. The molecule has 1 aliphatic heterocycles. The van der Waals surface area contributed by atoms with Gasteiger partial charge < -0.3 is 9.84 Å². The molecule has 4 heteroatoms. The van der Waals surface area contributed by atoms with Crippen LogP contribution in [0.1, 0.15) is 18.4 Å². The van der Waals surface area contributed by atoms with Gasteiger partial charge in [0.25, 0.3) is 0 Å². The average Bonchev–Trinajstić information content (AvgIpc) is 3.09. The van der Waals surface area contributed by atoms with Crippen molar-refractivity contribution in [1.29, 1.82) is 0 Å². The second-order valence-corrected chi connectivity index (χ2v) is 5.89. The lowest BCUT2D eigenvalue weighted by Gasteiger charge is -2.15. The van der Waals surface area contributed by atoms with Gasteiger partial charge in [-0.15, -0.1) is 0 Å². The van der Waals surface area contributed by atoms with E-state index in [1.165, 1.54) is 32.0 Å². The number of hydrogen-bond acceptors (Lipinski definition) is 3. The van der Waals surface area contributed by atoms with Gasteiger partial charge in [0.15, 0.2) is 0 Å². The van der Waals surface area contributed by atoms with Gasteiger partial charge in [-0.25, -0.2) is 4.39 Å². The molecule has 1 fully saturated rings. The fourth-order valence-electron chi connectivity index (χ4n) is 2.92. The molecule has 0 bridgehead atoms. The number of hydrogen-bond donors (Lipinski definition) is 1. The molecule has 1 N–H and O–H groups in total. The van der Waals surface area contributed by atoms with E-state index in [9.17, 15) is 4.39 Å². The Morgan fingerprint density at radius 3 is 2.39 bits per heavy atom. The van der Waals surface area contributed by atoms with Crippen LogP contribution >= 0.6 is 0 Å². The number of nitrogens with zero attached hydrogens (tertiary/aromatic N) is 1. The molecule has 0 aromatic heterocycles. The van der Waals surface area contributed by atoms with Crippen molar-refractivity contribution in [2.24, 2.45) is 0 Å². The molecule has 0 unspecified atom stereocenters. The van der Waals surface area contributed by atoms with Gasteiger partial charge in [0.1, 0.15) is 18.2 Å². The number of aliphatic hydroxyl groups is 1. The standard InChI is InChI=1S/C19H22FNO2/c20-19-8-5-16(13-17(19)14-22)15-3-6-18(7-4-15)23-12-11-21-9-1-2-10-21/h3-8,13,22H,1-2,9-12,14H2. The number of benzene rings is 2. The van der Waals surface area contributed by atoms with Crippen LogP contribution in [0, 0.1) is 5.82 Å². The maximum atomic E-state index is 13.4. The zero-order chi connectivity index (χ0) is 16.1. The van der Waals surface area contributed by atoms with Crippen molar-refractivity contribution < 1.29 is 14.2 Å². The fourth-order valence-corrected chi connectivity index (χ4v) is 2.92. The van der Waals surface area contributed by atoms with Crippen LogP contribution in [-0.2, 0) is 6.61 Å². The summed E-state index contributed by atoms with van der Waals surface area (Å²) in [6.07, 6.45) is 2.59. The van der Waals surface area contributed by atoms with E-state index in [2.05, 4.69) is 4.90 Å². The van der Waals surface area contributed by atoms with Crippen molar-refractivity contribution in [2.45, 2.75) is 19.4 Å². The maximum Gasteiger partial charge on any atom is 0.128 e. The topological polar surface area (TPSA) is 32.7 Å². The van der Waals surface area contributed by atoms with Gasteiger partial charge in [-0.3, -0.25) is 4.90 Å². The molecule has 0 aliphatic carbocycles. The van der Waals surface area contributed by atoms with E-state index in [0.29, 0.717) is 12.2 Å². The van der Waals surface area contributed by atoms with E-state index in [1.807, 2.05) is 24.3 Å². The van der Waals surface area contributed by atoms with Crippen LogP contribution < -0.4 is 4.74 Å². The highest BCUT2D eigenvalue weighted by atomic mass is 19.1. The Kier molecular flexibility index (Phi) is 5.26. The highest BCUT2D eigenvalue weighted by molar-refractivity contribution is 5.65. The lowest BCUT2D eigenvalue weighted by Crippen LogP contribution is -2.25. The van der Waals surface area contributed by atoms with Crippen molar-refractivity contribution in [3.8, 4) is 16.9 Å². The molecule has 0 amide bonds. The lowest BCUT2D eigenvalue weighted by molar-refractivity contribution is 0.238. The molecule has 122 valence electrons. The zero-order valence-corrected chi connectivity index (χ0v) is 13.2. The van der Waals surface area contributed by atoms with Crippen LogP contribution in [0.15, 0.2) is 42.5 Å². The first kappa shape index (κ1) is 16.0. The summed E-state index contributed by atoms with van der Waals surface area (Å²) in [6, 6.07) is 12.6. The summed E-state index contributed by atoms with van der Waals surface area (Å²) in [7, 11) is 0. The summed E-state index contributed by atoms with van der Waals surface area (Å²) in [5.41, 5.74) is 2.18. The van der Waals surface area contributed by atoms with Crippen molar-refractivity contribution in [1.82, 2.24) is 4.90 Å². The molecule has 3 rings (SSSR count). The third-order valence-electron chi connectivity index (χ3n) is 4.28. The van der Waals surface area contributed by atoms with Crippen LogP contribution in [0.4, 0.5) is 4.39 Å². The molecule has 1 heterocycles. The fraction of sp³-hybridized carbons (Fsp3) is 0.368. The number of ether oxygens (including phenoxy) is 1. The summed E-state index contributed by atoms with van der Waals surface area (Å²) in [6.45, 7) is 3.74. The van der Waals surface area contributed by atoms with E-state index in [1.54, 1.807) is 12.1 Å². The van der Waals surface area contributed by atoms with Crippen molar-refractivity contribution in [3.05, 3.63) is 53.8 Å². The normalized spacial score (nSPS) is 15.0. The summed E-state index contributed by atoms with van der Waals surface area (Å²) in [4.78, 5) is 2.42. The molecule has 0 radical (unpaired) electrons. The van der Waals surface area contributed by atoms with Crippen molar-refractivity contribution >= 4 is 0 Å². The number of halogens is 1. The third kappa shape index (κ3) is 4.09. The minimum Gasteiger partial charge on any atom is -0.492 e. The number of likely N-dealkylation sites (tertiary alicyclic amines) is 1. The lowest BCUT2D eigenvalue weighted by atomic mass is 10.0. The maximum absolute atomic E-state index is 13.4. The molecular formula is C19H22FNO2. The van der Waals surface area contributed by atoms with E-state index in [-0.39, 0.29) is 12.4 Å². The summed E-state index contributed by atoms with van der Waals surface area (Å²) in [5.74, 6) is 0.468. The summed E-state index contributed by atoms with van der Waals surface area (Å²) >= 11 is 0. The summed E-state index contributed by atoms with van der Waals surface area (Å²) < 4.78 is 19.2. The highest BCUT2D eigenvalue weighted by Gasteiger charge is 2.10. The van der Waals surface area contributed by atoms with Crippen LogP contribution in [0.3, 0.4) is 0 Å². The van der Waals surface area contributed by atoms with E-state index in [4.69, 9.17) is 9.84 Å².